The van der Waals surface area contributed by atoms with Crippen LogP contribution < -0.4 is 0 Å². The molecule has 1 atom stereocenters. The van der Waals surface area contributed by atoms with E-state index in [-0.39, 0.29) is 0 Å². The quantitative estimate of drug-likeness (QED) is 0.521. The Hall–Kier alpha value is -1.48. The van der Waals surface area contributed by atoms with Crippen molar-refractivity contribution in [2.24, 2.45) is 10.9 Å². The maximum atomic E-state index is 4.92. The first-order chi connectivity index (χ1) is 11.7. The Bertz CT molecular complexity index is 620. The van der Waals surface area contributed by atoms with Crippen molar-refractivity contribution in [2.75, 3.05) is 13.1 Å². The molecule has 0 radical (unpaired) electrons. The third kappa shape index (κ3) is 4.13. The van der Waals surface area contributed by atoms with Gasteiger partial charge < -0.3 is 4.90 Å². The highest BCUT2D eigenvalue weighted by Gasteiger charge is 2.34. The first-order valence-corrected chi connectivity index (χ1v) is 9.88. The molecule has 1 unspecified atom stereocenters. The monoisotopic (exact) mass is 342 g/mol. The maximum absolute atomic E-state index is 4.92. The van der Waals surface area contributed by atoms with E-state index in [0.29, 0.717) is 5.92 Å². The van der Waals surface area contributed by atoms with Gasteiger partial charge in [0.05, 0.1) is 6.54 Å². The summed E-state index contributed by atoms with van der Waals surface area (Å²) in [6, 6.07) is 0. The van der Waals surface area contributed by atoms with Crippen LogP contribution in [0.5, 0.6) is 0 Å². The summed E-state index contributed by atoms with van der Waals surface area (Å²) in [5.41, 5.74) is 4.21. The van der Waals surface area contributed by atoms with Crippen molar-refractivity contribution >= 4 is 17.6 Å². The van der Waals surface area contributed by atoms with Crippen molar-refractivity contribution in [1.29, 1.82) is 0 Å². The van der Waals surface area contributed by atoms with E-state index in [2.05, 4.69) is 55.9 Å². The number of nitrogens with zero attached hydrogens (tertiary/aromatic N) is 2. The minimum Gasteiger partial charge on any atom is -0.329 e. The van der Waals surface area contributed by atoms with Crippen LogP contribution in [0.25, 0.3) is 0 Å². The molecular formula is C21H30N2S. The van der Waals surface area contributed by atoms with Crippen LogP contribution >= 0.6 is 11.8 Å². The molecule has 2 nitrogen and oxygen atoms in total. The van der Waals surface area contributed by atoms with Crippen LogP contribution in [0.1, 0.15) is 47.0 Å². The number of allylic oxidation sites excluding steroid dienone is 5. The summed E-state index contributed by atoms with van der Waals surface area (Å²) in [7, 11) is 0. The maximum Gasteiger partial charge on any atom is 0.141 e. The van der Waals surface area contributed by atoms with Gasteiger partial charge in [0.15, 0.2) is 0 Å². The second-order valence-electron chi connectivity index (χ2n) is 6.23. The zero-order valence-electron chi connectivity index (χ0n) is 15.5. The lowest BCUT2D eigenvalue weighted by atomic mass is 9.97. The van der Waals surface area contributed by atoms with Gasteiger partial charge in [-0.1, -0.05) is 62.9 Å². The standard InChI is InChI=1S/C21H30N2S/c1-6-10-18(11-7-2)19-14-22-21(16(5)24-12-8-3)23-15-17(9-4)13-20(19)23/h6,8,10-12,17H,5,7,9,13-15H2,1-4H3/b10-6-,12-8-,18-11+. The van der Waals surface area contributed by atoms with Gasteiger partial charge in [0, 0.05) is 17.1 Å². The van der Waals surface area contributed by atoms with E-state index in [1.54, 1.807) is 11.8 Å². The van der Waals surface area contributed by atoms with Crippen LogP contribution in [0.2, 0.25) is 0 Å². The van der Waals surface area contributed by atoms with Crippen LogP contribution in [-0.2, 0) is 0 Å². The molecule has 2 aliphatic rings. The molecule has 0 aliphatic carbocycles. The first-order valence-electron chi connectivity index (χ1n) is 9.00. The fraction of sp³-hybridized carbons (Fsp3) is 0.476. The van der Waals surface area contributed by atoms with Gasteiger partial charge in [-0.05, 0) is 49.2 Å². The highest BCUT2D eigenvalue weighted by Crippen LogP contribution is 2.38. The van der Waals surface area contributed by atoms with Crippen molar-refractivity contribution in [2.45, 2.75) is 47.0 Å². The summed E-state index contributed by atoms with van der Waals surface area (Å²) < 4.78 is 0. The topological polar surface area (TPSA) is 15.6 Å². The number of thioether (sulfide) groups is 1. The Balaban J connectivity index is 2.38. The van der Waals surface area contributed by atoms with Crippen LogP contribution in [0, 0.1) is 5.92 Å². The second-order valence-corrected chi connectivity index (χ2v) is 7.23. The molecule has 1 saturated heterocycles. The second kappa shape index (κ2) is 9.12. The first kappa shape index (κ1) is 18.9. The average molecular weight is 343 g/mol. The highest BCUT2D eigenvalue weighted by atomic mass is 32.2. The Morgan fingerprint density at radius 3 is 2.75 bits per heavy atom. The van der Waals surface area contributed by atoms with Crippen molar-refractivity contribution in [3.63, 3.8) is 0 Å². The zero-order chi connectivity index (χ0) is 17.5. The smallest absolute Gasteiger partial charge is 0.141 e. The third-order valence-electron chi connectivity index (χ3n) is 4.53. The molecule has 0 aromatic carbocycles. The van der Waals surface area contributed by atoms with E-state index in [9.17, 15) is 0 Å². The van der Waals surface area contributed by atoms with E-state index < -0.39 is 0 Å². The van der Waals surface area contributed by atoms with Crippen molar-refractivity contribution in [3.05, 3.63) is 58.0 Å². The summed E-state index contributed by atoms with van der Waals surface area (Å²) in [4.78, 5) is 8.40. The van der Waals surface area contributed by atoms with E-state index >= 15 is 0 Å². The molecule has 0 aromatic heterocycles. The van der Waals surface area contributed by atoms with Crippen LogP contribution in [-0.4, -0.2) is 23.8 Å². The van der Waals surface area contributed by atoms with Crippen molar-refractivity contribution < 1.29 is 0 Å². The molecule has 0 aromatic rings. The lowest BCUT2D eigenvalue weighted by molar-refractivity contribution is 0.486. The summed E-state index contributed by atoms with van der Waals surface area (Å²) >= 11 is 1.67. The minimum atomic E-state index is 0.714. The highest BCUT2D eigenvalue weighted by molar-refractivity contribution is 8.06. The molecule has 2 heterocycles. The summed E-state index contributed by atoms with van der Waals surface area (Å²) in [6.07, 6.45) is 12.2. The van der Waals surface area contributed by atoms with Gasteiger partial charge in [0.2, 0.25) is 0 Å². The average Bonchev–Trinajstić information content (AvgIpc) is 3.03. The molecule has 3 heteroatoms. The summed E-state index contributed by atoms with van der Waals surface area (Å²) in [5, 5.41) is 2.08. The molecule has 130 valence electrons. The fourth-order valence-electron chi connectivity index (χ4n) is 3.31. The lowest BCUT2D eigenvalue weighted by Crippen LogP contribution is -2.32. The van der Waals surface area contributed by atoms with Gasteiger partial charge in [-0.25, -0.2) is 0 Å². The Morgan fingerprint density at radius 1 is 1.33 bits per heavy atom. The molecule has 1 fully saturated rings. The van der Waals surface area contributed by atoms with E-state index in [1.165, 1.54) is 23.3 Å². The van der Waals surface area contributed by atoms with E-state index in [1.807, 2.05) is 13.0 Å². The van der Waals surface area contributed by atoms with Gasteiger partial charge in [-0.15, -0.1) is 0 Å². The van der Waals surface area contributed by atoms with Crippen molar-refractivity contribution in [3.8, 4) is 0 Å². The van der Waals surface area contributed by atoms with Gasteiger partial charge in [-0.2, -0.15) is 0 Å². The van der Waals surface area contributed by atoms with Gasteiger partial charge in [0.25, 0.3) is 0 Å². The molecule has 2 rings (SSSR count). The van der Waals surface area contributed by atoms with Crippen LogP contribution in [0.4, 0.5) is 0 Å². The molecule has 0 spiro atoms. The SMILES string of the molecule is C=C(S/C=C\C)C1=NCC(C(/C=C\C)=C/CC)=C2CC(CC)CN12. The molecule has 0 amide bonds. The number of hydrogen-bond donors (Lipinski definition) is 0. The Morgan fingerprint density at radius 2 is 2.12 bits per heavy atom. The predicted molar refractivity (Wildman–Crippen MR) is 109 cm³/mol. The number of amidine groups is 1. The predicted octanol–water partition coefficient (Wildman–Crippen LogP) is 6.08. The molecule has 24 heavy (non-hydrogen) atoms. The largest absolute Gasteiger partial charge is 0.329 e. The van der Waals surface area contributed by atoms with Gasteiger partial charge in [-0.3, -0.25) is 4.99 Å². The Labute approximate surface area is 151 Å². The van der Waals surface area contributed by atoms with Crippen LogP contribution in [0.3, 0.4) is 0 Å². The summed E-state index contributed by atoms with van der Waals surface area (Å²) in [5.74, 6) is 1.79. The molecule has 0 N–H and O–H groups in total. The third-order valence-corrected chi connectivity index (χ3v) is 5.41. The van der Waals surface area contributed by atoms with Crippen molar-refractivity contribution in [1.82, 2.24) is 4.90 Å². The minimum absolute atomic E-state index is 0.714. The normalized spacial score (nSPS) is 21.8. The van der Waals surface area contributed by atoms with Gasteiger partial charge in [0.1, 0.15) is 5.84 Å². The summed E-state index contributed by atoms with van der Waals surface area (Å²) in [6.45, 7) is 14.7. The molecule has 2 aliphatic heterocycles. The zero-order valence-corrected chi connectivity index (χ0v) is 16.3. The number of hydrogen-bond acceptors (Lipinski definition) is 3. The number of aliphatic imine (C=N–C) groups is 1. The fourth-order valence-corrected chi connectivity index (χ4v) is 3.89. The Kier molecular flexibility index (Phi) is 7.16. The molecule has 0 bridgehead atoms. The van der Waals surface area contributed by atoms with E-state index in [4.69, 9.17) is 4.99 Å². The number of rotatable bonds is 7. The number of fused-ring (bicyclic) bond motifs is 1. The van der Waals surface area contributed by atoms with Crippen LogP contribution in [0.15, 0.2) is 63.0 Å². The molecule has 0 saturated carbocycles. The van der Waals surface area contributed by atoms with E-state index in [0.717, 1.165) is 36.7 Å². The van der Waals surface area contributed by atoms with Gasteiger partial charge >= 0.3 is 0 Å². The lowest BCUT2D eigenvalue weighted by Gasteiger charge is -2.30. The molecular weight excluding hydrogens is 312 g/mol.